The predicted octanol–water partition coefficient (Wildman–Crippen LogP) is 2.55. The minimum absolute atomic E-state index is 0.0285. The number of Topliss-reactive ketones (excluding diaryl/α,β-unsaturated/α-hetero) is 1. The first kappa shape index (κ1) is 17.5. The minimum atomic E-state index is -0.528. The number of hydrogen-bond acceptors (Lipinski definition) is 8. The summed E-state index contributed by atoms with van der Waals surface area (Å²) < 4.78 is 15.3. The van der Waals surface area contributed by atoms with Gasteiger partial charge in [-0.25, -0.2) is 4.79 Å². The Labute approximate surface area is 148 Å². The van der Waals surface area contributed by atoms with E-state index in [9.17, 15) is 14.8 Å². The highest BCUT2D eigenvalue weighted by Crippen LogP contribution is 2.35. The molecule has 1 heterocycles. The van der Waals surface area contributed by atoms with Crippen molar-refractivity contribution < 1.29 is 29.0 Å². The highest BCUT2D eigenvalue weighted by Gasteiger charge is 2.27. The zero-order valence-corrected chi connectivity index (χ0v) is 13.7. The number of anilines is 1. The van der Waals surface area contributed by atoms with Gasteiger partial charge in [0.1, 0.15) is 11.5 Å². The second-order valence-corrected chi connectivity index (χ2v) is 5.33. The highest BCUT2D eigenvalue weighted by molar-refractivity contribution is 6.14. The van der Waals surface area contributed by atoms with Crippen LogP contribution in [0.15, 0.2) is 48.2 Å². The molecule has 0 fully saturated rings. The molecule has 0 bridgehead atoms. The summed E-state index contributed by atoms with van der Waals surface area (Å²) in [5, 5.41) is 19.6. The molecule has 1 aliphatic rings. The van der Waals surface area contributed by atoms with E-state index in [0.717, 1.165) is 0 Å². The van der Waals surface area contributed by atoms with E-state index in [1.165, 1.54) is 37.5 Å². The van der Waals surface area contributed by atoms with Crippen LogP contribution in [-0.2, 0) is 9.53 Å². The largest absolute Gasteiger partial charge is 0.733 e. The molecule has 2 aromatic rings. The van der Waals surface area contributed by atoms with Gasteiger partial charge in [-0.1, -0.05) is 12.1 Å². The lowest BCUT2D eigenvalue weighted by atomic mass is 10.1. The van der Waals surface area contributed by atoms with E-state index in [1.807, 2.05) is 0 Å². The van der Waals surface area contributed by atoms with Crippen molar-refractivity contribution in [1.82, 2.24) is 0 Å². The monoisotopic (exact) mass is 356 g/mol. The molecule has 0 amide bonds. The predicted molar refractivity (Wildman–Crippen MR) is 91.0 cm³/mol. The lowest BCUT2D eigenvalue weighted by Crippen LogP contribution is -2.12. The van der Waals surface area contributed by atoms with Gasteiger partial charge < -0.3 is 24.6 Å². The molecular weight excluding hydrogens is 342 g/mol. The van der Waals surface area contributed by atoms with Crippen LogP contribution in [-0.4, -0.2) is 30.7 Å². The van der Waals surface area contributed by atoms with E-state index in [0.29, 0.717) is 22.6 Å². The molecule has 134 valence electrons. The SMILES string of the molecule is COC(=O)COc1ccc2c(c1)OC(=Cc1cccc(N([O-])O)c1)C2=O. The number of esters is 1. The van der Waals surface area contributed by atoms with Crippen molar-refractivity contribution in [2.45, 2.75) is 0 Å². The third-order valence-corrected chi connectivity index (χ3v) is 3.61. The summed E-state index contributed by atoms with van der Waals surface area (Å²) in [5.41, 5.74) is 0.891. The Balaban J connectivity index is 1.81. The second-order valence-electron chi connectivity index (χ2n) is 5.33. The van der Waals surface area contributed by atoms with Gasteiger partial charge in [-0.2, -0.15) is 0 Å². The van der Waals surface area contributed by atoms with Crippen LogP contribution < -0.4 is 14.7 Å². The lowest BCUT2D eigenvalue weighted by Gasteiger charge is -2.21. The first-order valence-corrected chi connectivity index (χ1v) is 7.52. The second kappa shape index (κ2) is 7.26. The number of allylic oxidation sites excluding steroid dienone is 1. The Morgan fingerprint density at radius 1 is 1.31 bits per heavy atom. The minimum Gasteiger partial charge on any atom is -0.733 e. The smallest absolute Gasteiger partial charge is 0.343 e. The first-order chi connectivity index (χ1) is 12.5. The Bertz CT molecular complexity index is 889. The summed E-state index contributed by atoms with van der Waals surface area (Å²) >= 11 is 0. The molecule has 0 radical (unpaired) electrons. The molecule has 0 aromatic heterocycles. The molecule has 0 saturated heterocycles. The van der Waals surface area contributed by atoms with Crippen molar-refractivity contribution in [1.29, 1.82) is 0 Å². The van der Waals surface area contributed by atoms with Gasteiger partial charge in [0.25, 0.3) is 0 Å². The van der Waals surface area contributed by atoms with Gasteiger partial charge >= 0.3 is 5.97 Å². The van der Waals surface area contributed by atoms with E-state index >= 15 is 0 Å². The molecule has 0 unspecified atom stereocenters. The molecule has 0 spiro atoms. The zero-order valence-electron chi connectivity index (χ0n) is 13.7. The van der Waals surface area contributed by atoms with Crippen molar-refractivity contribution in [3.8, 4) is 11.5 Å². The third-order valence-electron chi connectivity index (χ3n) is 3.61. The molecular formula is C18H14NO7-. The van der Waals surface area contributed by atoms with E-state index < -0.39 is 5.97 Å². The molecule has 0 saturated carbocycles. The van der Waals surface area contributed by atoms with Gasteiger partial charge in [-0.05, 0) is 35.9 Å². The van der Waals surface area contributed by atoms with Gasteiger partial charge in [0.15, 0.2) is 12.4 Å². The molecule has 0 atom stereocenters. The highest BCUT2D eigenvalue weighted by atomic mass is 16.8. The summed E-state index contributed by atoms with van der Waals surface area (Å²) in [6, 6.07) is 10.6. The number of carbonyl (C=O) groups is 2. The van der Waals surface area contributed by atoms with Crippen LogP contribution in [0.4, 0.5) is 5.69 Å². The van der Waals surface area contributed by atoms with Crippen molar-refractivity contribution in [2.24, 2.45) is 0 Å². The number of rotatable bonds is 5. The molecule has 8 heteroatoms. The maximum atomic E-state index is 12.4. The number of ether oxygens (including phenoxy) is 3. The number of ketones is 1. The topological polar surface area (TPSA) is 108 Å². The third kappa shape index (κ3) is 3.66. The van der Waals surface area contributed by atoms with Crippen molar-refractivity contribution in [2.75, 3.05) is 18.9 Å². The Morgan fingerprint density at radius 2 is 2.12 bits per heavy atom. The number of benzene rings is 2. The molecule has 8 nitrogen and oxygen atoms in total. The summed E-state index contributed by atoms with van der Waals surface area (Å²) in [5.74, 6) is -0.135. The van der Waals surface area contributed by atoms with Crippen LogP contribution in [0.5, 0.6) is 11.5 Å². The van der Waals surface area contributed by atoms with Gasteiger partial charge in [-0.15, -0.1) is 0 Å². The summed E-state index contributed by atoms with van der Waals surface area (Å²) in [6.45, 7) is -0.258. The van der Waals surface area contributed by atoms with E-state index in [4.69, 9.17) is 14.7 Å². The van der Waals surface area contributed by atoms with Crippen molar-refractivity contribution in [3.05, 3.63) is 64.6 Å². The maximum Gasteiger partial charge on any atom is 0.343 e. The van der Waals surface area contributed by atoms with Crippen molar-refractivity contribution in [3.63, 3.8) is 0 Å². The molecule has 1 N–H and O–H groups in total. The fourth-order valence-corrected chi connectivity index (χ4v) is 2.34. The fraction of sp³-hybridized carbons (Fsp3) is 0.111. The summed E-state index contributed by atoms with van der Waals surface area (Å²) in [7, 11) is 1.26. The van der Waals surface area contributed by atoms with Crippen LogP contribution in [0.2, 0.25) is 0 Å². The number of hydrogen-bond donors (Lipinski definition) is 1. The summed E-state index contributed by atoms with van der Waals surface area (Å²) in [4.78, 5) is 23.5. The summed E-state index contributed by atoms with van der Waals surface area (Å²) in [6.07, 6.45) is 1.46. The normalized spacial score (nSPS) is 14.0. The van der Waals surface area contributed by atoms with Crippen LogP contribution in [0.3, 0.4) is 0 Å². The number of nitrogens with zero attached hydrogens (tertiary/aromatic N) is 1. The average molecular weight is 356 g/mol. The first-order valence-electron chi connectivity index (χ1n) is 7.52. The number of carbonyl (C=O) groups excluding carboxylic acids is 2. The van der Waals surface area contributed by atoms with Crippen LogP contribution in [0.1, 0.15) is 15.9 Å². The Kier molecular flexibility index (Phi) is 4.87. The van der Waals surface area contributed by atoms with E-state index in [-0.39, 0.29) is 29.1 Å². The van der Waals surface area contributed by atoms with Crippen LogP contribution in [0, 0.1) is 5.21 Å². The molecule has 3 rings (SSSR count). The number of methoxy groups -OCH3 is 1. The van der Waals surface area contributed by atoms with Gasteiger partial charge in [-0.3, -0.25) is 10.0 Å². The number of fused-ring (bicyclic) bond motifs is 1. The molecule has 2 aromatic carbocycles. The molecule has 1 aliphatic heterocycles. The molecule has 26 heavy (non-hydrogen) atoms. The molecule has 0 aliphatic carbocycles. The zero-order chi connectivity index (χ0) is 18.7. The van der Waals surface area contributed by atoms with Gasteiger partial charge in [0.2, 0.25) is 5.78 Å². The van der Waals surface area contributed by atoms with Crippen LogP contribution >= 0.6 is 0 Å². The van der Waals surface area contributed by atoms with Gasteiger partial charge in [0.05, 0.1) is 18.4 Å². The lowest BCUT2D eigenvalue weighted by molar-refractivity contribution is -0.142. The average Bonchev–Trinajstić information content (AvgIpc) is 2.95. The Hall–Kier alpha value is -3.36. The standard InChI is InChI=1S/C18H14NO7/c1-24-17(20)10-25-13-5-6-14-15(9-13)26-16(18(14)21)8-11-3-2-4-12(7-11)19(22)23/h2-9,22H,10H2,1H3/q-1. The van der Waals surface area contributed by atoms with Crippen molar-refractivity contribution >= 4 is 23.5 Å². The maximum absolute atomic E-state index is 12.4. The quantitative estimate of drug-likeness (QED) is 0.495. The fourth-order valence-electron chi connectivity index (χ4n) is 2.34. The van der Waals surface area contributed by atoms with E-state index in [2.05, 4.69) is 4.74 Å². The van der Waals surface area contributed by atoms with E-state index in [1.54, 1.807) is 18.2 Å². The van der Waals surface area contributed by atoms with Gasteiger partial charge in [0, 0.05) is 6.07 Å². The Morgan fingerprint density at radius 3 is 2.85 bits per heavy atom. The van der Waals surface area contributed by atoms with Crippen LogP contribution in [0.25, 0.3) is 6.08 Å².